The molecule has 2 amide bonds. The van der Waals surface area contributed by atoms with E-state index < -0.39 is 5.91 Å². The molecule has 0 aliphatic carbocycles. The van der Waals surface area contributed by atoms with E-state index in [0.717, 1.165) is 0 Å². The molecule has 3 N–H and O–H groups in total. The molecule has 0 aliphatic rings. The van der Waals surface area contributed by atoms with E-state index in [1.165, 1.54) is 22.6 Å². The molecule has 46 valence electrons. The molecule has 0 fully saturated rings. The van der Waals surface area contributed by atoms with Crippen LogP contribution in [-0.2, 0) is 4.79 Å². The van der Waals surface area contributed by atoms with Crippen molar-refractivity contribution in [1.82, 2.24) is 5.32 Å². The predicted octanol–water partition coefficient (Wildman–Crippen LogP) is -0.384. The molecule has 0 saturated carbocycles. The first-order valence-electron chi connectivity index (χ1n) is 1.84. The van der Waals surface area contributed by atoms with Crippen molar-refractivity contribution in [3.63, 3.8) is 0 Å². The van der Waals surface area contributed by atoms with Gasteiger partial charge in [-0.1, -0.05) is 0 Å². The number of primary amides is 1. The molecule has 0 aromatic heterocycles. The van der Waals surface area contributed by atoms with E-state index in [1.54, 1.807) is 0 Å². The second-order valence-electron chi connectivity index (χ2n) is 1.09. The molecule has 0 aliphatic heterocycles. The Morgan fingerprint density at radius 1 is 1.62 bits per heavy atom. The number of nitrogens with one attached hydrogen (secondary N) is 1. The van der Waals surface area contributed by atoms with Crippen LogP contribution in [0.3, 0.4) is 0 Å². The minimum Gasteiger partial charge on any atom is -0.368 e. The highest BCUT2D eigenvalue weighted by atomic mass is 127. The standard InChI is InChI=1S/C3H5IN2O2/c4-3(8)6-1-2(5)7/h1H2,(H2,5,7)(H,6,8). The lowest BCUT2D eigenvalue weighted by molar-refractivity contribution is -0.117. The summed E-state index contributed by atoms with van der Waals surface area (Å²) in [5.74, 6) is -0.532. The molecule has 0 atom stereocenters. The van der Waals surface area contributed by atoms with Crippen molar-refractivity contribution in [3.05, 3.63) is 0 Å². The maximum Gasteiger partial charge on any atom is 0.281 e. The number of carbonyl (C=O) groups excluding carboxylic acids is 2. The minimum absolute atomic E-state index is 0.0816. The molecular formula is C3H5IN2O2. The van der Waals surface area contributed by atoms with E-state index in [-0.39, 0.29) is 10.5 Å². The molecular weight excluding hydrogens is 223 g/mol. The minimum atomic E-state index is -0.532. The third kappa shape index (κ3) is 5.67. The van der Waals surface area contributed by atoms with Crippen LogP contribution in [0.4, 0.5) is 4.79 Å². The molecule has 0 heterocycles. The Morgan fingerprint density at radius 3 is 2.25 bits per heavy atom. The lowest BCUT2D eigenvalue weighted by atomic mass is 10.6. The van der Waals surface area contributed by atoms with Crippen LogP contribution in [0, 0.1) is 0 Å². The number of rotatable bonds is 2. The zero-order valence-electron chi connectivity index (χ0n) is 3.98. The number of amides is 2. The summed E-state index contributed by atoms with van der Waals surface area (Å²) in [6.07, 6.45) is 0. The van der Waals surface area contributed by atoms with Crippen molar-refractivity contribution >= 4 is 32.4 Å². The van der Waals surface area contributed by atoms with E-state index >= 15 is 0 Å². The van der Waals surface area contributed by atoms with Crippen LogP contribution in [0.2, 0.25) is 0 Å². The first kappa shape index (κ1) is 7.67. The Balaban J connectivity index is 3.18. The summed E-state index contributed by atoms with van der Waals surface area (Å²) in [5.41, 5.74) is 4.68. The summed E-state index contributed by atoms with van der Waals surface area (Å²) in [4.78, 5) is 19.9. The van der Waals surface area contributed by atoms with Gasteiger partial charge in [-0.15, -0.1) is 0 Å². The van der Waals surface area contributed by atoms with Gasteiger partial charge in [0.2, 0.25) is 5.91 Å². The Labute approximate surface area is 59.9 Å². The molecule has 5 heteroatoms. The van der Waals surface area contributed by atoms with Gasteiger partial charge in [0, 0.05) is 22.6 Å². The second kappa shape index (κ2) is 3.65. The average Bonchev–Trinajstić information content (AvgIpc) is 1.61. The van der Waals surface area contributed by atoms with Crippen molar-refractivity contribution in [2.45, 2.75) is 0 Å². The highest BCUT2D eigenvalue weighted by Crippen LogP contribution is 1.79. The topological polar surface area (TPSA) is 72.2 Å². The zero-order chi connectivity index (χ0) is 6.57. The number of hydrogen-bond donors (Lipinski definition) is 2. The zero-order valence-corrected chi connectivity index (χ0v) is 6.14. The monoisotopic (exact) mass is 228 g/mol. The molecule has 0 radical (unpaired) electrons. The van der Waals surface area contributed by atoms with Crippen molar-refractivity contribution < 1.29 is 9.59 Å². The van der Waals surface area contributed by atoms with Gasteiger partial charge in [0.05, 0.1) is 6.54 Å². The Kier molecular flexibility index (Phi) is 3.49. The van der Waals surface area contributed by atoms with Crippen molar-refractivity contribution in [2.24, 2.45) is 5.73 Å². The van der Waals surface area contributed by atoms with Crippen LogP contribution < -0.4 is 11.1 Å². The molecule has 0 saturated heterocycles. The molecule has 0 aromatic rings. The van der Waals surface area contributed by atoms with Gasteiger partial charge in [0.15, 0.2) is 0 Å². The van der Waals surface area contributed by atoms with Gasteiger partial charge < -0.3 is 11.1 Å². The molecule has 8 heavy (non-hydrogen) atoms. The predicted molar refractivity (Wildman–Crippen MR) is 36.6 cm³/mol. The summed E-state index contributed by atoms with van der Waals surface area (Å²) in [5, 5.41) is 2.22. The Hall–Kier alpha value is -0.330. The molecule has 4 nitrogen and oxygen atoms in total. The van der Waals surface area contributed by atoms with E-state index in [4.69, 9.17) is 0 Å². The fraction of sp³-hybridized carbons (Fsp3) is 0.333. The normalized spacial score (nSPS) is 8.12. The number of nitrogens with two attached hydrogens (primary N) is 1. The summed E-state index contributed by atoms with van der Waals surface area (Å²) in [7, 11) is 0. The highest BCUT2D eigenvalue weighted by Gasteiger charge is 1.93. The smallest absolute Gasteiger partial charge is 0.281 e. The van der Waals surface area contributed by atoms with Gasteiger partial charge in [0.25, 0.3) is 3.91 Å². The second-order valence-corrected chi connectivity index (χ2v) is 2.07. The summed E-state index contributed by atoms with van der Waals surface area (Å²) >= 11 is 1.52. The highest BCUT2D eigenvalue weighted by molar-refractivity contribution is 14.1. The maximum absolute atomic E-state index is 10.0. The largest absolute Gasteiger partial charge is 0.368 e. The lowest BCUT2D eigenvalue weighted by Crippen LogP contribution is -2.29. The van der Waals surface area contributed by atoms with Gasteiger partial charge in [0.1, 0.15) is 0 Å². The van der Waals surface area contributed by atoms with Crippen molar-refractivity contribution in [2.75, 3.05) is 6.54 Å². The van der Waals surface area contributed by atoms with Crippen LogP contribution in [0.1, 0.15) is 0 Å². The van der Waals surface area contributed by atoms with Crippen molar-refractivity contribution in [3.8, 4) is 0 Å². The van der Waals surface area contributed by atoms with E-state index in [2.05, 4.69) is 11.1 Å². The van der Waals surface area contributed by atoms with E-state index in [0.29, 0.717) is 0 Å². The SMILES string of the molecule is NC(=O)CNC(=O)I. The van der Waals surface area contributed by atoms with Crippen LogP contribution in [0.25, 0.3) is 0 Å². The first-order chi connectivity index (χ1) is 3.63. The van der Waals surface area contributed by atoms with Gasteiger partial charge in [-0.05, 0) is 0 Å². The summed E-state index contributed by atoms with van der Waals surface area (Å²) in [6.45, 7) is -0.0816. The third-order valence-electron chi connectivity index (χ3n) is 0.402. The summed E-state index contributed by atoms with van der Waals surface area (Å²) in [6, 6.07) is 0. The quantitative estimate of drug-likeness (QED) is 0.384. The van der Waals surface area contributed by atoms with Gasteiger partial charge >= 0.3 is 0 Å². The van der Waals surface area contributed by atoms with Crippen LogP contribution in [-0.4, -0.2) is 16.4 Å². The number of halogens is 1. The van der Waals surface area contributed by atoms with Gasteiger partial charge in [-0.2, -0.15) is 0 Å². The van der Waals surface area contributed by atoms with E-state index in [1.807, 2.05) is 0 Å². The van der Waals surface area contributed by atoms with Crippen LogP contribution in [0.5, 0.6) is 0 Å². The number of hydrogen-bond acceptors (Lipinski definition) is 2. The molecule has 0 spiro atoms. The molecule has 0 bridgehead atoms. The molecule has 0 unspecified atom stereocenters. The average molecular weight is 228 g/mol. The Bertz CT molecular complexity index is 99.9. The van der Waals surface area contributed by atoms with Crippen LogP contribution in [0.15, 0.2) is 0 Å². The fourth-order valence-electron chi connectivity index (χ4n) is 0.157. The third-order valence-corrected chi connectivity index (χ3v) is 0.783. The Morgan fingerprint density at radius 2 is 2.12 bits per heavy atom. The summed E-state index contributed by atoms with van der Waals surface area (Å²) < 4.78 is -0.276. The van der Waals surface area contributed by atoms with Gasteiger partial charge in [-0.3, -0.25) is 9.59 Å². The van der Waals surface area contributed by atoms with E-state index in [9.17, 15) is 9.59 Å². The molecule has 0 rings (SSSR count). The maximum atomic E-state index is 10.0. The lowest BCUT2D eigenvalue weighted by Gasteiger charge is -1.91. The number of carbonyl (C=O) groups is 2. The van der Waals surface area contributed by atoms with Crippen LogP contribution >= 0.6 is 22.6 Å². The van der Waals surface area contributed by atoms with Gasteiger partial charge in [-0.25, -0.2) is 0 Å². The first-order valence-corrected chi connectivity index (χ1v) is 2.92. The molecule has 0 aromatic carbocycles. The fourth-order valence-corrected chi connectivity index (χ4v) is 0.347. The van der Waals surface area contributed by atoms with Crippen molar-refractivity contribution in [1.29, 1.82) is 0 Å².